The van der Waals surface area contributed by atoms with Gasteiger partial charge in [-0.2, -0.15) is 0 Å². The van der Waals surface area contributed by atoms with E-state index < -0.39 is 8.07 Å². The average Bonchev–Trinajstić information content (AvgIpc) is 2.98. The molecule has 0 radical (unpaired) electrons. The van der Waals surface area contributed by atoms with Gasteiger partial charge in [0.1, 0.15) is 0 Å². The summed E-state index contributed by atoms with van der Waals surface area (Å²) in [6, 6.07) is 0. The summed E-state index contributed by atoms with van der Waals surface area (Å²) in [5.41, 5.74) is 1.05. The van der Waals surface area contributed by atoms with Crippen molar-refractivity contribution in [3.8, 4) is 0 Å². The van der Waals surface area contributed by atoms with Crippen molar-refractivity contribution < 1.29 is 0 Å². The van der Waals surface area contributed by atoms with E-state index >= 15 is 0 Å². The maximum atomic E-state index is 3.97. The van der Waals surface area contributed by atoms with Crippen LogP contribution in [-0.4, -0.2) is 8.07 Å². The molecule has 1 aliphatic rings. The minimum atomic E-state index is -1.38. The van der Waals surface area contributed by atoms with Gasteiger partial charge in [0, 0.05) is 0 Å². The highest BCUT2D eigenvalue weighted by Gasteiger charge is 2.46. The highest BCUT2D eigenvalue weighted by Crippen LogP contribution is 2.53. The van der Waals surface area contributed by atoms with Crippen LogP contribution < -0.4 is 0 Å². The van der Waals surface area contributed by atoms with Crippen LogP contribution in [0.2, 0.25) is 23.7 Å². The van der Waals surface area contributed by atoms with Crippen LogP contribution in [0.1, 0.15) is 53.9 Å². The standard InChI is InChI=1S/C18H34Si/c1-9-14-18(5,6)16(13-12-15-10-11-15)19(7,8)17(2,3)4/h9,12-13,15-16H,1,10-11,14H2,2-8H3/b13-12+/t16-/m1/s1. The lowest BCUT2D eigenvalue weighted by Crippen LogP contribution is -2.46. The smallest absolute Gasteiger partial charge is 0.0603 e. The quantitative estimate of drug-likeness (QED) is 0.388. The van der Waals surface area contributed by atoms with Gasteiger partial charge in [0.25, 0.3) is 0 Å². The lowest BCUT2D eigenvalue weighted by molar-refractivity contribution is 0.362. The molecule has 1 heteroatoms. The van der Waals surface area contributed by atoms with Crippen LogP contribution in [0.3, 0.4) is 0 Å². The Hall–Kier alpha value is -0.303. The number of hydrogen-bond donors (Lipinski definition) is 0. The maximum Gasteiger partial charge on any atom is 0.0603 e. The molecule has 1 fully saturated rings. The topological polar surface area (TPSA) is 0 Å². The lowest BCUT2D eigenvalue weighted by Gasteiger charge is -2.49. The molecule has 0 N–H and O–H groups in total. The van der Waals surface area contributed by atoms with Crippen LogP contribution in [0.25, 0.3) is 0 Å². The summed E-state index contributed by atoms with van der Waals surface area (Å²) in [6.07, 6.45) is 11.1. The van der Waals surface area contributed by atoms with Gasteiger partial charge in [-0.25, -0.2) is 0 Å². The van der Waals surface area contributed by atoms with Crippen molar-refractivity contribution in [2.24, 2.45) is 11.3 Å². The molecule has 1 atom stereocenters. The second-order valence-corrected chi connectivity index (χ2v) is 14.2. The Morgan fingerprint density at radius 2 is 1.68 bits per heavy atom. The van der Waals surface area contributed by atoms with E-state index in [1.807, 2.05) is 0 Å². The molecule has 0 aromatic heterocycles. The molecule has 0 aromatic carbocycles. The van der Waals surface area contributed by atoms with Gasteiger partial charge in [-0.3, -0.25) is 0 Å². The van der Waals surface area contributed by atoms with E-state index in [1.165, 1.54) is 12.8 Å². The summed E-state index contributed by atoms with van der Waals surface area (Å²) in [7, 11) is -1.38. The minimum Gasteiger partial charge on any atom is -0.103 e. The summed E-state index contributed by atoms with van der Waals surface area (Å²) >= 11 is 0. The normalized spacial score (nSPS) is 19.7. The van der Waals surface area contributed by atoms with E-state index in [-0.39, 0.29) is 0 Å². The van der Waals surface area contributed by atoms with Gasteiger partial charge >= 0.3 is 0 Å². The number of hydrogen-bond acceptors (Lipinski definition) is 0. The fourth-order valence-corrected chi connectivity index (χ4v) is 6.60. The summed E-state index contributed by atoms with van der Waals surface area (Å²) < 4.78 is 0. The molecule has 0 nitrogen and oxygen atoms in total. The van der Waals surface area contributed by atoms with Gasteiger partial charge in [0.15, 0.2) is 0 Å². The van der Waals surface area contributed by atoms with Crippen LogP contribution in [0.15, 0.2) is 24.8 Å². The van der Waals surface area contributed by atoms with Gasteiger partial charge in [-0.15, -0.1) is 6.58 Å². The summed E-state index contributed by atoms with van der Waals surface area (Å²) in [4.78, 5) is 0. The van der Waals surface area contributed by atoms with Gasteiger partial charge in [-0.1, -0.05) is 65.9 Å². The molecule has 19 heavy (non-hydrogen) atoms. The first-order valence-electron chi connectivity index (χ1n) is 7.81. The largest absolute Gasteiger partial charge is 0.103 e. The molecular weight excluding hydrogens is 244 g/mol. The van der Waals surface area contributed by atoms with Crippen LogP contribution in [0.5, 0.6) is 0 Å². The second-order valence-electron chi connectivity index (χ2n) is 8.65. The van der Waals surface area contributed by atoms with Crippen molar-refractivity contribution in [2.45, 2.75) is 77.6 Å². The van der Waals surface area contributed by atoms with Crippen molar-refractivity contribution in [1.29, 1.82) is 0 Å². The first kappa shape index (κ1) is 16.8. The molecular formula is C18H34Si. The highest BCUT2D eigenvalue weighted by atomic mass is 28.3. The monoisotopic (exact) mass is 278 g/mol. The van der Waals surface area contributed by atoms with E-state index in [9.17, 15) is 0 Å². The number of allylic oxidation sites excluding steroid dienone is 3. The Kier molecular flexibility index (Phi) is 4.93. The van der Waals surface area contributed by atoms with Crippen LogP contribution in [-0.2, 0) is 0 Å². The van der Waals surface area contributed by atoms with Crippen molar-refractivity contribution >= 4 is 8.07 Å². The van der Waals surface area contributed by atoms with E-state index in [0.29, 0.717) is 10.5 Å². The van der Waals surface area contributed by atoms with E-state index in [2.05, 4.69) is 72.5 Å². The summed E-state index contributed by atoms with van der Waals surface area (Å²) in [5.74, 6) is 0.881. The first-order chi connectivity index (χ1) is 8.52. The van der Waals surface area contributed by atoms with E-state index in [4.69, 9.17) is 0 Å². The second kappa shape index (κ2) is 5.59. The molecule has 0 unspecified atom stereocenters. The Labute approximate surface area is 122 Å². The molecule has 0 aliphatic heterocycles. The Bertz CT molecular complexity index is 337. The van der Waals surface area contributed by atoms with Gasteiger partial charge in [0.2, 0.25) is 0 Å². The Balaban J connectivity index is 3.06. The maximum absolute atomic E-state index is 3.97. The fraction of sp³-hybridized carbons (Fsp3) is 0.778. The molecule has 0 bridgehead atoms. The number of rotatable bonds is 6. The highest BCUT2D eigenvalue weighted by molar-refractivity contribution is 6.82. The zero-order valence-electron chi connectivity index (χ0n) is 14.2. The van der Waals surface area contributed by atoms with Crippen molar-refractivity contribution in [1.82, 2.24) is 0 Å². The molecule has 0 spiro atoms. The molecule has 110 valence electrons. The summed E-state index contributed by atoms with van der Waals surface area (Å²) in [5, 5.41) is 0.435. The predicted octanol–water partition coefficient (Wildman–Crippen LogP) is 6.43. The van der Waals surface area contributed by atoms with Crippen molar-refractivity contribution in [3.63, 3.8) is 0 Å². The zero-order chi connectivity index (χ0) is 14.9. The van der Waals surface area contributed by atoms with Gasteiger partial charge in [0.05, 0.1) is 8.07 Å². The van der Waals surface area contributed by atoms with Crippen LogP contribution >= 0.6 is 0 Å². The van der Waals surface area contributed by atoms with Crippen LogP contribution in [0, 0.1) is 11.3 Å². The third-order valence-electron chi connectivity index (χ3n) is 5.42. The third-order valence-corrected chi connectivity index (χ3v) is 11.8. The molecule has 1 saturated carbocycles. The first-order valence-corrected chi connectivity index (χ1v) is 10.9. The third kappa shape index (κ3) is 4.08. The average molecular weight is 279 g/mol. The molecule has 1 rings (SSSR count). The van der Waals surface area contributed by atoms with Crippen molar-refractivity contribution in [2.75, 3.05) is 0 Å². The predicted molar refractivity (Wildman–Crippen MR) is 91.4 cm³/mol. The van der Waals surface area contributed by atoms with E-state index in [1.54, 1.807) is 0 Å². The molecule has 0 saturated heterocycles. The molecule has 1 aliphatic carbocycles. The minimum absolute atomic E-state index is 0.330. The van der Waals surface area contributed by atoms with Crippen molar-refractivity contribution in [3.05, 3.63) is 24.8 Å². The molecule has 0 aromatic rings. The zero-order valence-corrected chi connectivity index (χ0v) is 15.2. The van der Waals surface area contributed by atoms with E-state index in [0.717, 1.165) is 17.9 Å². The van der Waals surface area contributed by atoms with Gasteiger partial charge < -0.3 is 0 Å². The Morgan fingerprint density at radius 3 is 2.05 bits per heavy atom. The Morgan fingerprint density at radius 1 is 1.16 bits per heavy atom. The SMILES string of the molecule is C=CCC(C)(C)[C@@H](/C=C/C1CC1)[Si](C)(C)C(C)(C)C. The molecule has 0 amide bonds. The van der Waals surface area contributed by atoms with Crippen LogP contribution in [0.4, 0.5) is 0 Å². The summed E-state index contributed by atoms with van der Waals surface area (Å²) in [6.45, 7) is 21.3. The van der Waals surface area contributed by atoms with Gasteiger partial charge in [-0.05, 0) is 41.2 Å². The fourth-order valence-electron chi connectivity index (χ4n) is 3.00. The molecule has 0 heterocycles. The lowest BCUT2D eigenvalue weighted by atomic mass is 9.84.